The van der Waals surface area contributed by atoms with Crippen molar-refractivity contribution in [3.05, 3.63) is 71.9 Å². The normalized spacial score (nSPS) is 11.2. The molecule has 0 unspecified atom stereocenters. The van der Waals surface area contributed by atoms with Crippen molar-refractivity contribution in [2.24, 2.45) is 0 Å². The van der Waals surface area contributed by atoms with E-state index in [1.54, 1.807) is 0 Å². The molecule has 0 saturated carbocycles. The Morgan fingerprint density at radius 3 is 2.55 bits per heavy atom. The van der Waals surface area contributed by atoms with Gasteiger partial charge >= 0.3 is 0 Å². The average Bonchev–Trinajstić information content (AvgIpc) is 2.87. The summed E-state index contributed by atoms with van der Waals surface area (Å²) in [5.74, 6) is 0. The molecule has 0 N–H and O–H groups in total. The first-order valence-electron chi connectivity index (χ1n) is 6.45. The molecule has 2 aromatic carbocycles. The molecule has 20 heavy (non-hydrogen) atoms. The third-order valence-electron chi connectivity index (χ3n) is 3.49. The minimum absolute atomic E-state index is 0.746. The molecule has 0 amide bonds. The first-order valence-corrected chi connectivity index (χ1v) is 6.82. The highest BCUT2D eigenvalue weighted by Crippen LogP contribution is 2.29. The number of nitrogens with zero attached hydrogens (tertiary/aromatic N) is 2. The van der Waals surface area contributed by atoms with Gasteiger partial charge in [-0.15, -0.1) is 0 Å². The van der Waals surface area contributed by atoms with E-state index in [2.05, 4.69) is 22.6 Å². The molecule has 3 heteroatoms. The number of fused-ring (bicyclic) bond motifs is 3. The van der Waals surface area contributed by atoms with Gasteiger partial charge in [-0.25, -0.2) is 4.98 Å². The molecule has 0 aliphatic rings. The number of halogens is 1. The topological polar surface area (TPSA) is 17.3 Å². The van der Waals surface area contributed by atoms with E-state index in [9.17, 15) is 0 Å². The maximum absolute atomic E-state index is 5.96. The summed E-state index contributed by atoms with van der Waals surface area (Å²) in [5.41, 5.74) is 5.35. The Morgan fingerprint density at radius 2 is 1.70 bits per heavy atom. The Kier molecular flexibility index (Phi) is 2.51. The van der Waals surface area contributed by atoms with Gasteiger partial charge in [0.2, 0.25) is 0 Å². The Labute approximate surface area is 121 Å². The molecule has 2 aromatic heterocycles. The minimum atomic E-state index is 0.746. The van der Waals surface area contributed by atoms with Gasteiger partial charge in [0.25, 0.3) is 0 Å². The van der Waals surface area contributed by atoms with Gasteiger partial charge in [0, 0.05) is 16.8 Å². The molecule has 2 heterocycles. The van der Waals surface area contributed by atoms with Gasteiger partial charge in [0.1, 0.15) is 5.65 Å². The number of pyridine rings is 1. The van der Waals surface area contributed by atoms with E-state index in [0.717, 1.165) is 32.8 Å². The second kappa shape index (κ2) is 4.36. The molecule has 4 aromatic rings. The van der Waals surface area contributed by atoms with Crippen LogP contribution in [0.5, 0.6) is 0 Å². The SMILES string of the molecule is Clc1ccc(-c2cccc3c2nc2ccccn23)cc1. The molecule has 0 aliphatic carbocycles. The van der Waals surface area contributed by atoms with E-state index < -0.39 is 0 Å². The first-order chi connectivity index (χ1) is 9.83. The lowest BCUT2D eigenvalue weighted by Gasteiger charge is -2.03. The van der Waals surface area contributed by atoms with Gasteiger partial charge in [0.05, 0.1) is 11.0 Å². The van der Waals surface area contributed by atoms with Crippen LogP contribution in [-0.4, -0.2) is 9.38 Å². The van der Waals surface area contributed by atoms with Gasteiger partial charge in [0.15, 0.2) is 0 Å². The van der Waals surface area contributed by atoms with Crippen molar-refractivity contribution in [3.8, 4) is 11.1 Å². The largest absolute Gasteiger partial charge is 0.300 e. The smallest absolute Gasteiger partial charge is 0.137 e. The number of hydrogen-bond acceptors (Lipinski definition) is 1. The van der Waals surface area contributed by atoms with Crippen molar-refractivity contribution in [2.45, 2.75) is 0 Å². The molecule has 2 nitrogen and oxygen atoms in total. The van der Waals surface area contributed by atoms with Crippen LogP contribution in [0, 0.1) is 0 Å². The van der Waals surface area contributed by atoms with E-state index in [-0.39, 0.29) is 0 Å². The predicted molar refractivity (Wildman–Crippen MR) is 83.1 cm³/mol. The molecule has 96 valence electrons. The Bertz CT molecular complexity index is 907. The highest BCUT2D eigenvalue weighted by atomic mass is 35.5. The van der Waals surface area contributed by atoms with Crippen LogP contribution < -0.4 is 0 Å². The van der Waals surface area contributed by atoms with E-state index in [1.165, 1.54) is 0 Å². The van der Waals surface area contributed by atoms with E-state index >= 15 is 0 Å². The van der Waals surface area contributed by atoms with Crippen LogP contribution in [0.1, 0.15) is 0 Å². The van der Waals surface area contributed by atoms with Gasteiger partial charge in [-0.2, -0.15) is 0 Å². The molecule has 0 atom stereocenters. The summed E-state index contributed by atoms with van der Waals surface area (Å²) >= 11 is 5.96. The zero-order valence-electron chi connectivity index (χ0n) is 10.6. The zero-order valence-corrected chi connectivity index (χ0v) is 11.4. The fourth-order valence-electron chi connectivity index (χ4n) is 2.55. The Hall–Kier alpha value is -2.32. The Balaban J connectivity index is 2.07. The summed E-state index contributed by atoms with van der Waals surface area (Å²) in [6.07, 6.45) is 2.04. The highest BCUT2D eigenvalue weighted by Gasteiger charge is 2.09. The zero-order chi connectivity index (χ0) is 13.5. The molecule has 0 aliphatic heterocycles. The molecule has 0 bridgehead atoms. The van der Waals surface area contributed by atoms with Crippen LogP contribution in [0.3, 0.4) is 0 Å². The molecular formula is C17H11ClN2. The van der Waals surface area contributed by atoms with Crippen molar-refractivity contribution >= 4 is 28.3 Å². The Morgan fingerprint density at radius 1 is 0.850 bits per heavy atom. The maximum Gasteiger partial charge on any atom is 0.137 e. The van der Waals surface area contributed by atoms with Crippen molar-refractivity contribution < 1.29 is 0 Å². The number of hydrogen-bond donors (Lipinski definition) is 0. The maximum atomic E-state index is 5.96. The molecule has 0 spiro atoms. The summed E-state index contributed by atoms with van der Waals surface area (Å²) in [4.78, 5) is 4.74. The van der Waals surface area contributed by atoms with Gasteiger partial charge in [-0.3, -0.25) is 4.40 Å². The summed E-state index contributed by atoms with van der Waals surface area (Å²) in [6.45, 7) is 0. The molecule has 0 radical (unpaired) electrons. The number of benzene rings is 2. The lowest BCUT2D eigenvalue weighted by molar-refractivity contribution is 1.23. The van der Waals surface area contributed by atoms with Gasteiger partial charge in [-0.05, 0) is 35.9 Å². The second-order valence-corrected chi connectivity index (χ2v) is 5.16. The van der Waals surface area contributed by atoms with E-state index in [0.29, 0.717) is 0 Å². The number of rotatable bonds is 1. The third-order valence-corrected chi connectivity index (χ3v) is 3.75. The highest BCUT2D eigenvalue weighted by molar-refractivity contribution is 6.30. The fraction of sp³-hybridized carbons (Fsp3) is 0. The molecular weight excluding hydrogens is 268 g/mol. The third kappa shape index (κ3) is 1.69. The van der Waals surface area contributed by atoms with Crippen LogP contribution in [0.2, 0.25) is 5.02 Å². The van der Waals surface area contributed by atoms with Crippen LogP contribution in [0.15, 0.2) is 66.9 Å². The minimum Gasteiger partial charge on any atom is -0.300 e. The molecule has 0 fully saturated rings. The average molecular weight is 279 g/mol. The van der Waals surface area contributed by atoms with Crippen LogP contribution in [0.25, 0.3) is 27.8 Å². The predicted octanol–water partition coefficient (Wildman–Crippen LogP) is 4.81. The summed E-state index contributed by atoms with van der Waals surface area (Å²) in [5, 5.41) is 0.746. The van der Waals surface area contributed by atoms with Crippen LogP contribution in [0.4, 0.5) is 0 Å². The second-order valence-electron chi connectivity index (χ2n) is 4.72. The van der Waals surface area contributed by atoms with E-state index in [4.69, 9.17) is 16.6 Å². The number of para-hydroxylation sites is 1. The van der Waals surface area contributed by atoms with Crippen molar-refractivity contribution in [2.75, 3.05) is 0 Å². The standard InChI is InChI=1S/C17H11ClN2/c18-13-9-7-12(8-10-13)14-4-3-5-15-17(14)19-16-6-1-2-11-20(15)16/h1-11H. The van der Waals surface area contributed by atoms with Crippen LogP contribution in [-0.2, 0) is 0 Å². The first kappa shape index (κ1) is 11.5. The van der Waals surface area contributed by atoms with Gasteiger partial charge in [-0.1, -0.05) is 41.9 Å². The lowest BCUT2D eigenvalue weighted by Crippen LogP contribution is -1.82. The van der Waals surface area contributed by atoms with Crippen molar-refractivity contribution in [1.29, 1.82) is 0 Å². The van der Waals surface area contributed by atoms with Crippen molar-refractivity contribution in [3.63, 3.8) is 0 Å². The lowest BCUT2D eigenvalue weighted by atomic mass is 10.0. The van der Waals surface area contributed by atoms with E-state index in [1.807, 2.05) is 48.7 Å². The summed E-state index contributed by atoms with van der Waals surface area (Å²) in [7, 11) is 0. The summed E-state index contributed by atoms with van der Waals surface area (Å²) < 4.78 is 2.11. The fourth-order valence-corrected chi connectivity index (χ4v) is 2.68. The van der Waals surface area contributed by atoms with Gasteiger partial charge < -0.3 is 0 Å². The molecule has 4 rings (SSSR count). The van der Waals surface area contributed by atoms with Crippen molar-refractivity contribution in [1.82, 2.24) is 9.38 Å². The monoisotopic (exact) mass is 278 g/mol. The number of aromatic nitrogens is 2. The quantitative estimate of drug-likeness (QED) is 0.488. The van der Waals surface area contributed by atoms with Crippen LogP contribution >= 0.6 is 11.6 Å². The molecule has 0 saturated heterocycles. The number of imidazole rings is 1. The summed E-state index contributed by atoms with van der Waals surface area (Å²) in [6, 6.07) is 20.2.